The van der Waals surface area contributed by atoms with Gasteiger partial charge in [0.25, 0.3) is 0 Å². The minimum absolute atomic E-state index is 0. The molecule has 2 heteroatoms. The predicted molar refractivity (Wildman–Crippen MR) is 103 cm³/mol. The molecule has 1 aromatic carbocycles. The third kappa shape index (κ3) is 5.93. The van der Waals surface area contributed by atoms with Gasteiger partial charge in [-0.1, -0.05) is 77.3 Å². The van der Waals surface area contributed by atoms with Crippen LogP contribution in [-0.2, 0) is 0 Å². The molecule has 2 nitrogen and oxygen atoms in total. The van der Waals surface area contributed by atoms with E-state index < -0.39 is 0 Å². The molecule has 0 bridgehead atoms. The van der Waals surface area contributed by atoms with E-state index in [4.69, 9.17) is 5.73 Å². The monoisotopic (exact) mass is 318 g/mol. The first-order valence-corrected chi connectivity index (χ1v) is 8.88. The van der Waals surface area contributed by atoms with Crippen molar-refractivity contribution >= 4 is 0 Å². The molecule has 3 unspecified atom stereocenters. The van der Waals surface area contributed by atoms with Crippen molar-refractivity contribution in [2.45, 2.75) is 84.2 Å². The summed E-state index contributed by atoms with van der Waals surface area (Å²) in [5.74, 6) is 1.40. The molecule has 0 amide bonds. The molecule has 23 heavy (non-hydrogen) atoms. The van der Waals surface area contributed by atoms with E-state index in [0.29, 0.717) is 23.9 Å². The Morgan fingerprint density at radius 1 is 0.957 bits per heavy atom. The second-order valence-electron chi connectivity index (χ2n) is 7.03. The van der Waals surface area contributed by atoms with E-state index >= 15 is 0 Å². The lowest BCUT2D eigenvalue weighted by Crippen LogP contribution is -2.41. The van der Waals surface area contributed by atoms with Crippen LogP contribution in [0.1, 0.15) is 77.7 Å². The van der Waals surface area contributed by atoms with E-state index in [2.05, 4.69) is 35.6 Å². The number of nitrogens with two attached hydrogens (primary N) is 1. The predicted octanol–water partition coefficient (Wildman–Crippen LogP) is 5.09. The van der Waals surface area contributed by atoms with Gasteiger partial charge in [-0.05, 0) is 36.7 Å². The highest BCUT2D eigenvalue weighted by Crippen LogP contribution is 2.48. The Morgan fingerprint density at radius 3 is 2.22 bits per heavy atom. The van der Waals surface area contributed by atoms with Crippen LogP contribution >= 0.6 is 0 Å². The summed E-state index contributed by atoms with van der Waals surface area (Å²) in [5.41, 5.74) is 7.91. The molecule has 0 aliphatic heterocycles. The standard InChI is InChI=1S/C19H30N2.2CH4/c20-19(14-21-16-11-7-2-1-3-8-12-16)18-13-17(18)15-9-5-4-6-10-15;;/h4-6,9-10,16-19,21H,1-3,7-8,11-14,20H2;2*1H4. The maximum absolute atomic E-state index is 6.43. The number of hydrogen-bond donors (Lipinski definition) is 2. The SMILES string of the molecule is C.C.NC(CNC1CCCCCCC1)C1CC1c1ccccc1. The Hall–Kier alpha value is -0.860. The lowest BCUT2D eigenvalue weighted by atomic mass is 9.96. The molecule has 0 radical (unpaired) electrons. The minimum atomic E-state index is 0. The number of nitrogens with one attached hydrogen (secondary N) is 1. The summed E-state index contributed by atoms with van der Waals surface area (Å²) in [6.45, 7) is 0.999. The third-order valence-electron chi connectivity index (χ3n) is 5.36. The largest absolute Gasteiger partial charge is 0.326 e. The van der Waals surface area contributed by atoms with Gasteiger partial charge in [-0.3, -0.25) is 0 Å². The summed E-state index contributed by atoms with van der Waals surface area (Å²) in [4.78, 5) is 0. The first-order chi connectivity index (χ1) is 10.3. The van der Waals surface area contributed by atoms with Crippen molar-refractivity contribution in [1.29, 1.82) is 0 Å². The van der Waals surface area contributed by atoms with Gasteiger partial charge < -0.3 is 11.1 Å². The molecule has 2 aliphatic rings. The summed E-state index contributed by atoms with van der Waals surface area (Å²) in [5, 5.41) is 3.76. The topological polar surface area (TPSA) is 38.0 Å². The normalized spacial score (nSPS) is 26.1. The molecule has 0 saturated heterocycles. The van der Waals surface area contributed by atoms with Crippen molar-refractivity contribution < 1.29 is 0 Å². The summed E-state index contributed by atoms with van der Waals surface area (Å²) < 4.78 is 0. The fourth-order valence-electron chi connectivity index (χ4n) is 3.89. The van der Waals surface area contributed by atoms with Crippen molar-refractivity contribution in [1.82, 2.24) is 5.32 Å². The van der Waals surface area contributed by atoms with Crippen LogP contribution in [0, 0.1) is 5.92 Å². The zero-order valence-corrected chi connectivity index (χ0v) is 13.1. The second kappa shape index (κ2) is 10.1. The molecule has 3 rings (SSSR count). The van der Waals surface area contributed by atoms with E-state index in [1.165, 1.54) is 56.9 Å². The van der Waals surface area contributed by atoms with Crippen LogP contribution in [-0.4, -0.2) is 18.6 Å². The highest BCUT2D eigenvalue weighted by atomic mass is 14.9. The van der Waals surface area contributed by atoms with Crippen molar-refractivity contribution in [2.24, 2.45) is 11.7 Å². The van der Waals surface area contributed by atoms with Gasteiger partial charge in [0.2, 0.25) is 0 Å². The molecule has 0 aromatic heterocycles. The molecule has 2 aliphatic carbocycles. The van der Waals surface area contributed by atoms with Gasteiger partial charge in [0, 0.05) is 18.6 Å². The van der Waals surface area contributed by atoms with Crippen LogP contribution in [0.15, 0.2) is 30.3 Å². The zero-order valence-electron chi connectivity index (χ0n) is 13.1. The summed E-state index contributed by atoms with van der Waals surface area (Å²) in [7, 11) is 0. The molecule has 0 heterocycles. The van der Waals surface area contributed by atoms with Crippen LogP contribution in [0.4, 0.5) is 0 Å². The van der Waals surface area contributed by atoms with Gasteiger partial charge in [0.15, 0.2) is 0 Å². The van der Waals surface area contributed by atoms with Gasteiger partial charge in [-0.2, -0.15) is 0 Å². The average Bonchev–Trinajstić information content (AvgIpc) is 3.27. The van der Waals surface area contributed by atoms with Crippen molar-refractivity contribution in [3.8, 4) is 0 Å². The molecule has 2 saturated carbocycles. The minimum Gasteiger partial charge on any atom is -0.326 e. The first kappa shape index (κ1) is 20.2. The van der Waals surface area contributed by atoms with E-state index in [-0.39, 0.29) is 14.9 Å². The molecule has 1 aromatic rings. The number of rotatable bonds is 5. The van der Waals surface area contributed by atoms with Crippen LogP contribution in [0.2, 0.25) is 0 Å². The summed E-state index contributed by atoms with van der Waals surface area (Å²) in [6.07, 6.45) is 11.0. The van der Waals surface area contributed by atoms with Crippen LogP contribution < -0.4 is 11.1 Å². The Morgan fingerprint density at radius 2 is 1.57 bits per heavy atom. The summed E-state index contributed by atoms with van der Waals surface area (Å²) >= 11 is 0. The molecular weight excluding hydrogens is 280 g/mol. The fraction of sp³-hybridized carbons (Fsp3) is 0.714. The quantitative estimate of drug-likeness (QED) is 0.793. The number of hydrogen-bond acceptors (Lipinski definition) is 2. The maximum Gasteiger partial charge on any atom is 0.0200 e. The average molecular weight is 319 g/mol. The third-order valence-corrected chi connectivity index (χ3v) is 5.36. The molecule has 2 fully saturated rings. The van der Waals surface area contributed by atoms with Gasteiger partial charge in [-0.15, -0.1) is 0 Å². The number of benzene rings is 1. The Labute approximate surface area is 144 Å². The Kier molecular flexibility index (Phi) is 8.86. The van der Waals surface area contributed by atoms with Crippen LogP contribution in [0.3, 0.4) is 0 Å². The molecule has 0 spiro atoms. The van der Waals surface area contributed by atoms with Crippen LogP contribution in [0.25, 0.3) is 0 Å². The highest BCUT2D eigenvalue weighted by Gasteiger charge is 2.42. The van der Waals surface area contributed by atoms with Crippen LogP contribution in [0.5, 0.6) is 0 Å². The summed E-state index contributed by atoms with van der Waals surface area (Å²) in [6, 6.07) is 11.9. The fourth-order valence-corrected chi connectivity index (χ4v) is 3.89. The Balaban J connectivity index is 0.00000132. The van der Waals surface area contributed by atoms with Gasteiger partial charge in [0.05, 0.1) is 0 Å². The second-order valence-corrected chi connectivity index (χ2v) is 7.03. The van der Waals surface area contributed by atoms with Gasteiger partial charge in [0.1, 0.15) is 0 Å². The van der Waals surface area contributed by atoms with Gasteiger partial charge >= 0.3 is 0 Å². The van der Waals surface area contributed by atoms with E-state index in [9.17, 15) is 0 Å². The van der Waals surface area contributed by atoms with Crippen molar-refractivity contribution in [3.63, 3.8) is 0 Å². The molecule has 3 atom stereocenters. The Bertz CT molecular complexity index is 409. The maximum atomic E-state index is 6.43. The zero-order chi connectivity index (χ0) is 14.5. The van der Waals surface area contributed by atoms with E-state index in [1.54, 1.807) is 0 Å². The molecular formula is C21H38N2. The lowest BCUT2D eigenvalue weighted by Gasteiger charge is -2.23. The molecule has 3 N–H and O–H groups in total. The highest BCUT2D eigenvalue weighted by molar-refractivity contribution is 5.26. The smallest absolute Gasteiger partial charge is 0.0200 e. The van der Waals surface area contributed by atoms with E-state index in [0.717, 1.165) is 6.54 Å². The first-order valence-electron chi connectivity index (χ1n) is 8.88. The van der Waals surface area contributed by atoms with Gasteiger partial charge in [-0.25, -0.2) is 0 Å². The van der Waals surface area contributed by atoms with Crippen molar-refractivity contribution in [3.05, 3.63) is 35.9 Å². The van der Waals surface area contributed by atoms with Crippen molar-refractivity contribution in [2.75, 3.05) is 6.54 Å². The van der Waals surface area contributed by atoms with E-state index in [1.807, 2.05) is 0 Å². The lowest BCUT2D eigenvalue weighted by molar-refractivity contribution is 0.372. The molecule has 132 valence electrons.